The first-order valence-electron chi connectivity index (χ1n) is 6.47. The van der Waals surface area contributed by atoms with E-state index < -0.39 is 0 Å². The van der Waals surface area contributed by atoms with Crippen molar-refractivity contribution in [1.82, 2.24) is 4.98 Å². The topological polar surface area (TPSA) is 78.1 Å². The molecular weight excluding hydrogens is 226 g/mol. The Bertz CT molecular complexity index is 566. The summed E-state index contributed by atoms with van der Waals surface area (Å²) in [5.74, 6) is 0.688. The third-order valence-corrected chi connectivity index (χ3v) is 4.29. The van der Waals surface area contributed by atoms with Crippen LogP contribution in [0.4, 0.5) is 0 Å². The highest BCUT2D eigenvalue weighted by Gasteiger charge is 2.41. The van der Waals surface area contributed by atoms with Crippen molar-refractivity contribution in [2.24, 2.45) is 16.9 Å². The summed E-state index contributed by atoms with van der Waals surface area (Å²) in [5, 5.41) is 0. The molecule has 1 unspecified atom stereocenters. The van der Waals surface area contributed by atoms with E-state index in [4.69, 9.17) is 15.9 Å². The highest BCUT2D eigenvalue weighted by molar-refractivity contribution is 5.73. The molecule has 0 saturated heterocycles. The van der Waals surface area contributed by atoms with Crippen molar-refractivity contribution in [2.45, 2.75) is 32.2 Å². The number of hydrogen-bond acceptors (Lipinski definition) is 4. The second-order valence-corrected chi connectivity index (χ2v) is 5.36. The second kappa shape index (κ2) is 4.07. The van der Waals surface area contributed by atoms with Crippen LogP contribution in [0.3, 0.4) is 0 Å². The quantitative estimate of drug-likeness (QED) is 0.869. The van der Waals surface area contributed by atoms with Gasteiger partial charge >= 0.3 is 0 Å². The van der Waals surface area contributed by atoms with E-state index in [1.807, 2.05) is 25.1 Å². The van der Waals surface area contributed by atoms with Crippen LogP contribution < -0.4 is 11.5 Å². The number of nitrogens with two attached hydrogens (primary N) is 2. The van der Waals surface area contributed by atoms with Crippen molar-refractivity contribution in [3.8, 4) is 0 Å². The van der Waals surface area contributed by atoms with Crippen molar-refractivity contribution in [3.63, 3.8) is 0 Å². The number of fused-ring (bicyclic) bond motifs is 1. The van der Waals surface area contributed by atoms with E-state index in [0.717, 1.165) is 29.5 Å². The average Bonchev–Trinajstić information content (AvgIpc) is 2.67. The molecule has 4 N–H and O–H groups in total. The Labute approximate surface area is 106 Å². The minimum Gasteiger partial charge on any atom is -0.441 e. The van der Waals surface area contributed by atoms with Crippen molar-refractivity contribution < 1.29 is 4.42 Å². The van der Waals surface area contributed by atoms with Crippen LogP contribution in [0.25, 0.3) is 11.1 Å². The van der Waals surface area contributed by atoms with Gasteiger partial charge < -0.3 is 15.9 Å². The lowest BCUT2D eigenvalue weighted by Crippen LogP contribution is -2.46. The smallest absolute Gasteiger partial charge is 0.192 e. The molecule has 1 heterocycles. The Hall–Kier alpha value is -1.39. The Morgan fingerprint density at radius 1 is 1.44 bits per heavy atom. The maximum absolute atomic E-state index is 6.41. The maximum Gasteiger partial charge on any atom is 0.192 e. The van der Waals surface area contributed by atoms with E-state index >= 15 is 0 Å². The number of rotatable bonds is 3. The fraction of sp³-hybridized carbons (Fsp3) is 0.500. The summed E-state index contributed by atoms with van der Waals surface area (Å²) in [4.78, 5) is 4.35. The van der Waals surface area contributed by atoms with Crippen molar-refractivity contribution in [2.75, 3.05) is 6.54 Å². The first-order chi connectivity index (χ1) is 8.64. The van der Waals surface area contributed by atoms with E-state index in [1.165, 1.54) is 6.42 Å². The van der Waals surface area contributed by atoms with Gasteiger partial charge in [-0.2, -0.15) is 0 Å². The Morgan fingerprint density at radius 2 is 2.22 bits per heavy atom. The lowest BCUT2D eigenvalue weighted by molar-refractivity contribution is 0.105. The van der Waals surface area contributed by atoms with Crippen LogP contribution in [-0.2, 0) is 0 Å². The van der Waals surface area contributed by atoms with E-state index in [2.05, 4.69) is 4.98 Å². The van der Waals surface area contributed by atoms with Crippen LogP contribution >= 0.6 is 0 Å². The molecule has 1 aliphatic carbocycles. The molecule has 0 aliphatic heterocycles. The van der Waals surface area contributed by atoms with Gasteiger partial charge in [0.25, 0.3) is 0 Å². The molecule has 0 spiro atoms. The lowest BCUT2D eigenvalue weighted by Gasteiger charge is -2.45. The molecule has 1 fully saturated rings. The number of hydrogen-bond donors (Lipinski definition) is 2. The molecule has 4 nitrogen and oxygen atoms in total. The fourth-order valence-corrected chi connectivity index (χ4v) is 2.88. The first-order valence-corrected chi connectivity index (χ1v) is 6.47. The zero-order chi connectivity index (χ0) is 12.8. The van der Waals surface area contributed by atoms with Gasteiger partial charge in [-0.25, -0.2) is 4.98 Å². The molecule has 2 aromatic rings. The maximum atomic E-state index is 6.41. The van der Waals surface area contributed by atoms with Gasteiger partial charge in [-0.1, -0.05) is 12.5 Å². The predicted molar refractivity (Wildman–Crippen MR) is 71.0 cm³/mol. The summed E-state index contributed by atoms with van der Waals surface area (Å²) in [6, 6.07) is 6.02. The zero-order valence-electron chi connectivity index (χ0n) is 10.6. The number of benzene rings is 1. The van der Waals surface area contributed by atoms with Crippen molar-refractivity contribution in [1.29, 1.82) is 0 Å². The highest BCUT2D eigenvalue weighted by atomic mass is 16.3. The third-order valence-electron chi connectivity index (χ3n) is 4.29. The Balaban J connectivity index is 1.98. The number of aromatic nitrogens is 1. The molecule has 1 aliphatic rings. The summed E-state index contributed by atoms with van der Waals surface area (Å²) < 4.78 is 5.48. The zero-order valence-corrected chi connectivity index (χ0v) is 10.6. The normalized spacial score (nSPS) is 19.7. The SMILES string of the molecule is Cc1nc2cc(C(N)C3(CN)CCC3)ccc2o1. The molecule has 4 heteroatoms. The van der Waals surface area contributed by atoms with Gasteiger partial charge in [0.15, 0.2) is 11.5 Å². The number of aryl methyl sites for hydroxylation is 1. The number of oxazole rings is 1. The van der Waals surface area contributed by atoms with E-state index in [1.54, 1.807) is 0 Å². The molecular formula is C14H19N3O. The largest absolute Gasteiger partial charge is 0.441 e. The van der Waals surface area contributed by atoms with Crippen LogP contribution in [0, 0.1) is 12.3 Å². The predicted octanol–water partition coefficient (Wildman–Crippen LogP) is 2.27. The summed E-state index contributed by atoms with van der Waals surface area (Å²) in [6.45, 7) is 2.51. The first kappa shape index (κ1) is 11.7. The van der Waals surface area contributed by atoms with Crippen LogP contribution in [-0.4, -0.2) is 11.5 Å². The Kier molecular flexibility index (Phi) is 2.64. The molecule has 1 atom stereocenters. The molecule has 96 valence electrons. The van der Waals surface area contributed by atoms with Crippen LogP contribution in [0.2, 0.25) is 0 Å². The fourth-order valence-electron chi connectivity index (χ4n) is 2.88. The Morgan fingerprint density at radius 3 is 2.83 bits per heavy atom. The molecule has 1 aromatic heterocycles. The summed E-state index contributed by atoms with van der Waals surface area (Å²) in [6.07, 6.45) is 3.48. The molecule has 0 bridgehead atoms. The average molecular weight is 245 g/mol. The van der Waals surface area contributed by atoms with Gasteiger partial charge in [0.1, 0.15) is 5.52 Å². The van der Waals surface area contributed by atoms with Gasteiger partial charge in [0, 0.05) is 18.4 Å². The summed E-state index contributed by atoms with van der Waals surface area (Å²) >= 11 is 0. The van der Waals surface area contributed by atoms with E-state index in [-0.39, 0.29) is 11.5 Å². The second-order valence-electron chi connectivity index (χ2n) is 5.36. The summed E-state index contributed by atoms with van der Waals surface area (Å²) in [5.41, 5.74) is 15.2. The third kappa shape index (κ3) is 1.64. The molecule has 1 aromatic carbocycles. The lowest BCUT2D eigenvalue weighted by atomic mass is 9.63. The molecule has 1 saturated carbocycles. The minimum atomic E-state index is -0.00217. The molecule has 0 radical (unpaired) electrons. The molecule has 18 heavy (non-hydrogen) atoms. The van der Waals surface area contributed by atoms with Crippen LogP contribution in [0.5, 0.6) is 0 Å². The highest BCUT2D eigenvalue weighted by Crippen LogP contribution is 2.48. The van der Waals surface area contributed by atoms with Crippen molar-refractivity contribution >= 4 is 11.1 Å². The van der Waals surface area contributed by atoms with E-state index in [0.29, 0.717) is 12.4 Å². The number of nitrogens with zero attached hydrogens (tertiary/aromatic N) is 1. The standard InChI is InChI=1S/C14H19N3O/c1-9-17-11-7-10(3-4-12(11)18-9)13(16)14(8-15)5-2-6-14/h3-4,7,13H,2,5-6,8,15-16H2,1H3. The van der Waals surface area contributed by atoms with E-state index in [9.17, 15) is 0 Å². The van der Waals surface area contributed by atoms with Gasteiger partial charge in [-0.05, 0) is 37.1 Å². The van der Waals surface area contributed by atoms with Gasteiger partial charge in [0.2, 0.25) is 0 Å². The van der Waals surface area contributed by atoms with Crippen molar-refractivity contribution in [3.05, 3.63) is 29.7 Å². The van der Waals surface area contributed by atoms with Gasteiger partial charge in [0.05, 0.1) is 0 Å². The monoisotopic (exact) mass is 245 g/mol. The van der Waals surface area contributed by atoms with Gasteiger partial charge in [-0.3, -0.25) is 0 Å². The van der Waals surface area contributed by atoms with Crippen LogP contribution in [0.15, 0.2) is 22.6 Å². The molecule has 0 amide bonds. The molecule has 3 rings (SSSR count). The minimum absolute atomic E-state index is 0.00217. The van der Waals surface area contributed by atoms with Crippen LogP contribution in [0.1, 0.15) is 36.8 Å². The summed E-state index contributed by atoms with van der Waals surface area (Å²) in [7, 11) is 0. The van der Waals surface area contributed by atoms with Gasteiger partial charge in [-0.15, -0.1) is 0 Å².